The first-order chi connectivity index (χ1) is 15.0. The highest BCUT2D eigenvalue weighted by atomic mass is 16.5. The van der Waals surface area contributed by atoms with E-state index in [1.54, 1.807) is 24.1 Å². The molecule has 2 aromatic rings. The number of aromatic nitrogens is 2. The number of hydrogen-bond acceptors (Lipinski definition) is 5. The predicted octanol–water partition coefficient (Wildman–Crippen LogP) is 3.45. The number of hydrogen-bond donors (Lipinski definition) is 1. The average Bonchev–Trinajstić information content (AvgIpc) is 3.44. The second-order valence-electron chi connectivity index (χ2n) is 8.72. The van der Waals surface area contributed by atoms with E-state index in [1.807, 2.05) is 26.1 Å². The Morgan fingerprint density at radius 3 is 2.58 bits per heavy atom. The zero-order valence-electron chi connectivity index (χ0n) is 18.9. The zero-order valence-corrected chi connectivity index (χ0v) is 18.9. The van der Waals surface area contributed by atoms with Crippen molar-refractivity contribution >= 4 is 5.91 Å². The van der Waals surface area contributed by atoms with Gasteiger partial charge >= 0.3 is 0 Å². The number of piperidine rings is 1. The van der Waals surface area contributed by atoms with E-state index in [9.17, 15) is 4.79 Å². The van der Waals surface area contributed by atoms with Crippen LogP contribution in [0.15, 0.2) is 24.4 Å². The number of amides is 1. The van der Waals surface area contributed by atoms with Gasteiger partial charge in [-0.05, 0) is 50.8 Å². The molecule has 1 saturated carbocycles. The van der Waals surface area contributed by atoms with Crippen molar-refractivity contribution in [1.82, 2.24) is 20.0 Å². The number of carbonyl (C=O) groups excluding carboxylic acids is 1. The monoisotopic (exact) mass is 426 g/mol. The minimum atomic E-state index is -0.166. The molecule has 0 spiro atoms. The number of carbonyl (C=O) groups is 1. The Bertz CT molecular complexity index is 896. The Balaban J connectivity index is 1.40. The summed E-state index contributed by atoms with van der Waals surface area (Å²) >= 11 is 0. The summed E-state index contributed by atoms with van der Waals surface area (Å²) in [5.41, 5.74) is 2.55. The van der Waals surface area contributed by atoms with Gasteiger partial charge in [0.25, 0.3) is 5.91 Å². The molecule has 1 aromatic carbocycles. The van der Waals surface area contributed by atoms with Gasteiger partial charge in [0.05, 0.1) is 18.9 Å². The van der Waals surface area contributed by atoms with Crippen LogP contribution in [0, 0.1) is 6.92 Å². The summed E-state index contributed by atoms with van der Waals surface area (Å²) in [5, 5.41) is 7.25. The van der Waals surface area contributed by atoms with Gasteiger partial charge in [-0.15, -0.1) is 0 Å². The second kappa shape index (κ2) is 9.73. The fourth-order valence-corrected chi connectivity index (χ4v) is 4.71. The highest BCUT2D eigenvalue weighted by molar-refractivity contribution is 5.97. The Morgan fingerprint density at radius 1 is 1.19 bits per heavy atom. The van der Waals surface area contributed by atoms with E-state index < -0.39 is 0 Å². The molecule has 2 aliphatic rings. The van der Waals surface area contributed by atoms with E-state index in [4.69, 9.17) is 9.47 Å². The lowest BCUT2D eigenvalue weighted by Crippen LogP contribution is -2.43. The van der Waals surface area contributed by atoms with Crippen molar-refractivity contribution < 1.29 is 14.3 Å². The SMILES string of the molecule is COc1ccc(OC2CCN(C3CCCC3)CC2)c(C(=O)NCc2cnn(C)c2C)c1. The third kappa shape index (κ3) is 5.03. The molecule has 1 aliphatic heterocycles. The molecule has 7 nitrogen and oxygen atoms in total. The van der Waals surface area contributed by atoms with E-state index in [1.165, 1.54) is 25.7 Å². The molecular weight excluding hydrogens is 392 g/mol. The van der Waals surface area contributed by atoms with Crippen LogP contribution in [0.5, 0.6) is 11.5 Å². The summed E-state index contributed by atoms with van der Waals surface area (Å²) in [4.78, 5) is 15.6. The molecule has 31 heavy (non-hydrogen) atoms. The van der Waals surface area contributed by atoms with Crippen LogP contribution in [-0.2, 0) is 13.6 Å². The van der Waals surface area contributed by atoms with Gasteiger partial charge in [-0.3, -0.25) is 9.48 Å². The first-order valence-corrected chi connectivity index (χ1v) is 11.4. The van der Waals surface area contributed by atoms with Crippen LogP contribution in [0.1, 0.15) is 60.1 Å². The fraction of sp³-hybridized carbons (Fsp3) is 0.583. The maximum absolute atomic E-state index is 13.0. The lowest BCUT2D eigenvalue weighted by atomic mass is 10.0. The number of aryl methyl sites for hydroxylation is 1. The first kappa shape index (κ1) is 21.7. The van der Waals surface area contributed by atoms with E-state index in [0.29, 0.717) is 23.6 Å². The standard InChI is InChI=1S/C24H34N4O3/c1-17-18(16-26-27(17)2)15-25-24(29)22-14-21(30-3)8-9-23(22)31-20-10-12-28(13-11-20)19-6-4-5-7-19/h8-9,14,16,19-20H,4-7,10-13,15H2,1-3H3,(H,25,29). The molecule has 1 N–H and O–H groups in total. The fourth-order valence-electron chi connectivity index (χ4n) is 4.71. The quantitative estimate of drug-likeness (QED) is 0.734. The molecular formula is C24H34N4O3. The number of methoxy groups -OCH3 is 1. The van der Waals surface area contributed by atoms with Gasteiger partial charge in [0.2, 0.25) is 0 Å². The summed E-state index contributed by atoms with van der Waals surface area (Å²) in [6, 6.07) is 6.23. The van der Waals surface area contributed by atoms with Gasteiger partial charge in [-0.25, -0.2) is 0 Å². The van der Waals surface area contributed by atoms with Crippen LogP contribution in [-0.4, -0.2) is 52.9 Å². The zero-order chi connectivity index (χ0) is 21.8. The van der Waals surface area contributed by atoms with Crippen LogP contribution >= 0.6 is 0 Å². The van der Waals surface area contributed by atoms with Gasteiger partial charge < -0.3 is 19.7 Å². The van der Waals surface area contributed by atoms with Crippen LogP contribution in [0.25, 0.3) is 0 Å². The smallest absolute Gasteiger partial charge is 0.255 e. The van der Waals surface area contributed by atoms with Gasteiger partial charge in [0, 0.05) is 44.0 Å². The number of benzene rings is 1. The third-order valence-electron chi connectivity index (χ3n) is 6.82. The first-order valence-electron chi connectivity index (χ1n) is 11.4. The topological polar surface area (TPSA) is 68.6 Å². The summed E-state index contributed by atoms with van der Waals surface area (Å²) < 4.78 is 13.5. The summed E-state index contributed by atoms with van der Waals surface area (Å²) in [5.74, 6) is 1.10. The van der Waals surface area contributed by atoms with Crippen LogP contribution in [0.4, 0.5) is 0 Å². The molecule has 0 radical (unpaired) electrons. The largest absolute Gasteiger partial charge is 0.497 e. The number of ether oxygens (including phenoxy) is 2. The maximum Gasteiger partial charge on any atom is 0.255 e. The van der Waals surface area contributed by atoms with Crippen molar-refractivity contribution in [3.63, 3.8) is 0 Å². The molecule has 168 valence electrons. The van der Waals surface area contributed by atoms with Crippen LogP contribution < -0.4 is 14.8 Å². The number of rotatable bonds is 7. The lowest BCUT2D eigenvalue weighted by molar-refractivity contribution is 0.0749. The normalized spacial score (nSPS) is 18.3. The molecule has 1 aliphatic carbocycles. The van der Waals surface area contributed by atoms with Crippen molar-refractivity contribution in [3.05, 3.63) is 41.2 Å². The molecule has 0 unspecified atom stereocenters. The van der Waals surface area contributed by atoms with E-state index in [2.05, 4.69) is 15.3 Å². The van der Waals surface area contributed by atoms with Crippen molar-refractivity contribution in [2.75, 3.05) is 20.2 Å². The Morgan fingerprint density at radius 2 is 1.94 bits per heavy atom. The van der Waals surface area contributed by atoms with E-state index >= 15 is 0 Å². The van der Waals surface area contributed by atoms with Gasteiger partial charge in [-0.1, -0.05) is 12.8 Å². The Hall–Kier alpha value is -2.54. The van der Waals surface area contributed by atoms with Gasteiger partial charge in [0.1, 0.15) is 17.6 Å². The van der Waals surface area contributed by atoms with Crippen LogP contribution in [0.3, 0.4) is 0 Å². The van der Waals surface area contributed by atoms with Crippen molar-refractivity contribution in [3.8, 4) is 11.5 Å². The molecule has 1 amide bonds. The highest BCUT2D eigenvalue weighted by Crippen LogP contribution is 2.30. The van der Waals surface area contributed by atoms with Crippen molar-refractivity contribution in [2.45, 2.75) is 64.1 Å². The summed E-state index contributed by atoms with van der Waals surface area (Å²) in [6.07, 6.45) is 9.33. The van der Waals surface area contributed by atoms with Crippen LogP contribution in [0.2, 0.25) is 0 Å². The van der Waals surface area contributed by atoms with E-state index in [0.717, 1.165) is 43.2 Å². The summed E-state index contributed by atoms with van der Waals surface area (Å²) in [7, 11) is 3.50. The molecule has 0 atom stereocenters. The number of likely N-dealkylation sites (tertiary alicyclic amines) is 1. The molecule has 2 fully saturated rings. The molecule has 2 heterocycles. The van der Waals surface area contributed by atoms with Gasteiger partial charge in [-0.2, -0.15) is 5.10 Å². The summed E-state index contributed by atoms with van der Waals surface area (Å²) in [6.45, 7) is 4.57. The second-order valence-corrected chi connectivity index (χ2v) is 8.72. The third-order valence-corrected chi connectivity index (χ3v) is 6.82. The Kier molecular flexibility index (Phi) is 6.80. The molecule has 7 heteroatoms. The average molecular weight is 427 g/mol. The van der Waals surface area contributed by atoms with Gasteiger partial charge in [0.15, 0.2) is 0 Å². The van der Waals surface area contributed by atoms with Crippen molar-refractivity contribution in [1.29, 1.82) is 0 Å². The number of nitrogens with one attached hydrogen (secondary N) is 1. The molecule has 1 saturated heterocycles. The molecule has 1 aromatic heterocycles. The van der Waals surface area contributed by atoms with Crippen molar-refractivity contribution in [2.24, 2.45) is 7.05 Å². The minimum absolute atomic E-state index is 0.137. The molecule has 4 rings (SSSR count). The lowest BCUT2D eigenvalue weighted by Gasteiger charge is -2.36. The molecule has 0 bridgehead atoms. The van der Waals surface area contributed by atoms with E-state index in [-0.39, 0.29) is 12.0 Å². The number of nitrogens with zero attached hydrogens (tertiary/aromatic N) is 3. The minimum Gasteiger partial charge on any atom is -0.497 e. The maximum atomic E-state index is 13.0. The Labute approximate surface area is 184 Å². The predicted molar refractivity (Wildman–Crippen MR) is 120 cm³/mol. The highest BCUT2D eigenvalue weighted by Gasteiger charge is 2.28.